The average molecular weight is 383 g/mol. The molecule has 1 aliphatic heterocycles. The van der Waals surface area contributed by atoms with Crippen molar-refractivity contribution in [2.24, 2.45) is 0 Å². The van der Waals surface area contributed by atoms with Crippen molar-refractivity contribution >= 4 is 39.0 Å². The van der Waals surface area contributed by atoms with Crippen molar-refractivity contribution in [1.82, 2.24) is 0 Å². The van der Waals surface area contributed by atoms with Crippen LogP contribution in [-0.2, 0) is 6.42 Å². The van der Waals surface area contributed by atoms with E-state index in [0.717, 1.165) is 23.3 Å². The first-order valence-corrected chi connectivity index (χ1v) is 11.3. The minimum atomic E-state index is 0.111. The molecule has 0 saturated carbocycles. The van der Waals surface area contributed by atoms with Crippen LogP contribution in [0, 0.1) is 6.92 Å². The second-order valence-corrected chi connectivity index (χ2v) is 8.61. The Bertz CT molecular complexity index is 685. The van der Waals surface area contributed by atoms with Crippen molar-refractivity contribution in [3.63, 3.8) is 0 Å². The quantitative estimate of drug-likeness (QED) is 0.665. The zero-order chi connectivity index (χ0) is 15.0. The number of hydrogen-bond donors (Lipinski definition) is 0. The van der Waals surface area contributed by atoms with Crippen LogP contribution < -0.4 is 4.74 Å². The van der Waals surface area contributed by atoms with Crippen LogP contribution in [0.2, 0.25) is 21.0 Å². The van der Waals surface area contributed by atoms with Crippen molar-refractivity contribution in [2.45, 2.75) is 30.4 Å². The van der Waals surface area contributed by atoms with Crippen LogP contribution in [-0.4, -0.2) is 21.9 Å². The minimum absolute atomic E-state index is 0.111. The van der Waals surface area contributed by atoms with E-state index in [1.807, 2.05) is 18.2 Å². The van der Waals surface area contributed by atoms with Gasteiger partial charge in [0.05, 0.1) is 0 Å². The van der Waals surface area contributed by atoms with Crippen LogP contribution in [0.4, 0.5) is 0 Å². The van der Waals surface area contributed by atoms with Crippen LogP contribution in [0.5, 0.6) is 5.75 Å². The molecule has 2 unspecified atom stereocenters. The van der Waals surface area contributed by atoms with Gasteiger partial charge in [-0.15, -0.1) is 0 Å². The van der Waals surface area contributed by atoms with Crippen LogP contribution in [0.1, 0.15) is 11.1 Å². The molecular formula is C17H17AsCl2O. The van der Waals surface area contributed by atoms with Gasteiger partial charge >= 0.3 is 142 Å². The number of ether oxygens (including phenoxy) is 1. The fraction of sp³-hybridized carbons (Fsp3) is 0.294. The van der Waals surface area contributed by atoms with E-state index in [1.54, 1.807) is 0 Å². The summed E-state index contributed by atoms with van der Waals surface area (Å²) >= 11 is 12.6. The summed E-state index contributed by atoms with van der Waals surface area (Å²) in [6, 6.07) is 9.95. The second kappa shape index (κ2) is 6.24. The number of hydrogen-bond acceptors (Lipinski definition) is 1. The van der Waals surface area contributed by atoms with Crippen LogP contribution in [0.3, 0.4) is 0 Å². The third-order valence-corrected chi connectivity index (χ3v) is 6.07. The van der Waals surface area contributed by atoms with E-state index in [0.29, 0.717) is 16.1 Å². The summed E-state index contributed by atoms with van der Waals surface area (Å²) in [4.78, 5) is 0. The van der Waals surface area contributed by atoms with Gasteiger partial charge in [0.2, 0.25) is 0 Å². The Morgan fingerprint density at radius 3 is 2.76 bits per heavy atom. The number of halogens is 2. The standard InChI is InChI=1S/C17H17AsCl2O/c1-10-5-11-7-13(9-18-2)21-17(11)15(6-10)14-8-12(19)3-4-16(14)20/h3-6,8,13,18H,7,9H2,1-2H3. The Hall–Kier alpha value is -0.622. The molecule has 110 valence electrons. The van der Waals surface area contributed by atoms with Gasteiger partial charge in [-0.1, -0.05) is 0 Å². The maximum atomic E-state index is 6.37. The van der Waals surface area contributed by atoms with Crippen LogP contribution in [0.15, 0.2) is 30.3 Å². The van der Waals surface area contributed by atoms with E-state index in [-0.39, 0.29) is 15.8 Å². The fourth-order valence-corrected chi connectivity index (χ4v) is 4.66. The summed E-state index contributed by atoms with van der Waals surface area (Å²) in [6.07, 6.45) is 1.35. The van der Waals surface area contributed by atoms with Crippen molar-refractivity contribution in [2.75, 3.05) is 0 Å². The molecule has 0 bridgehead atoms. The van der Waals surface area contributed by atoms with Gasteiger partial charge in [0.25, 0.3) is 0 Å². The van der Waals surface area contributed by atoms with Gasteiger partial charge in [-0.3, -0.25) is 0 Å². The number of fused-ring (bicyclic) bond motifs is 1. The van der Waals surface area contributed by atoms with Gasteiger partial charge in [-0.05, 0) is 0 Å². The Morgan fingerprint density at radius 2 is 2.00 bits per heavy atom. The van der Waals surface area contributed by atoms with E-state index in [4.69, 9.17) is 27.9 Å². The first-order valence-electron chi connectivity index (χ1n) is 6.98. The molecule has 0 saturated heterocycles. The van der Waals surface area contributed by atoms with E-state index < -0.39 is 0 Å². The van der Waals surface area contributed by atoms with Crippen molar-refractivity contribution in [3.8, 4) is 16.9 Å². The predicted octanol–water partition coefficient (Wildman–Crippen LogP) is 5.18. The number of rotatable bonds is 3. The summed E-state index contributed by atoms with van der Waals surface area (Å²) in [7, 11) is 0. The van der Waals surface area contributed by atoms with Crippen LogP contribution >= 0.6 is 23.2 Å². The van der Waals surface area contributed by atoms with Crippen molar-refractivity contribution < 1.29 is 4.74 Å². The molecule has 1 nitrogen and oxygen atoms in total. The zero-order valence-corrected chi connectivity index (χ0v) is 15.7. The average Bonchev–Trinajstić information content (AvgIpc) is 2.83. The predicted molar refractivity (Wildman–Crippen MR) is 92.6 cm³/mol. The molecule has 21 heavy (non-hydrogen) atoms. The molecule has 0 spiro atoms. The molecule has 1 heterocycles. The Balaban J connectivity index is 2.11. The Morgan fingerprint density at radius 1 is 1.19 bits per heavy atom. The first-order chi connectivity index (χ1) is 10.1. The fourth-order valence-electron chi connectivity index (χ4n) is 2.84. The van der Waals surface area contributed by atoms with Crippen LogP contribution in [0.25, 0.3) is 11.1 Å². The molecular weight excluding hydrogens is 366 g/mol. The molecule has 0 fully saturated rings. The molecule has 0 radical (unpaired) electrons. The van der Waals surface area contributed by atoms with Gasteiger partial charge in [0.15, 0.2) is 0 Å². The molecule has 2 aromatic rings. The maximum absolute atomic E-state index is 6.37. The second-order valence-electron chi connectivity index (χ2n) is 5.43. The topological polar surface area (TPSA) is 9.23 Å². The van der Waals surface area contributed by atoms with Gasteiger partial charge in [-0.25, -0.2) is 0 Å². The monoisotopic (exact) mass is 382 g/mol. The molecule has 2 aromatic carbocycles. The van der Waals surface area contributed by atoms with Gasteiger partial charge in [0.1, 0.15) is 0 Å². The van der Waals surface area contributed by atoms with E-state index in [1.165, 1.54) is 16.3 Å². The zero-order valence-electron chi connectivity index (χ0n) is 12.0. The molecule has 0 aromatic heterocycles. The summed E-state index contributed by atoms with van der Waals surface area (Å²) in [6.45, 7) is 2.11. The number of aryl methyl sites for hydroxylation is 1. The molecule has 3 rings (SSSR count). The van der Waals surface area contributed by atoms with Gasteiger partial charge in [0, 0.05) is 0 Å². The van der Waals surface area contributed by atoms with Gasteiger partial charge < -0.3 is 0 Å². The SMILES string of the molecule is C[AsH]CC1Cc2cc(C)cc(-c3cc(Cl)ccc3Cl)c2O1. The summed E-state index contributed by atoms with van der Waals surface area (Å²) in [5, 5.41) is 2.61. The third kappa shape index (κ3) is 3.11. The summed E-state index contributed by atoms with van der Waals surface area (Å²) in [5.74, 6) is 0.995. The summed E-state index contributed by atoms with van der Waals surface area (Å²) < 4.78 is 6.21. The Labute approximate surface area is 142 Å². The van der Waals surface area contributed by atoms with Crippen molar-refractivity contribution in [1.29, 1.82) is 0 Å². The molecule has 2 atom stereocenters. The third-order valence-electron chi connectivity index (χ3n) is 3.69. The first kappa shape index (κ1) is 15.3. The molecule has 0 N–H and O–H groups in total. The van der Waals surface area contributed by atoms with E-state index in [9.17, 15) is 0 Å². The van der Waals surface area contributed by atoms with E-state index >= 15 is 0 Å². The molecule has 0 aliphatic carbocycles. The molecule has 4 heteroatoms. The summed E-state index contributed by atoms with van der Waals surface area (Å²) in [5.41, 5.74) is 6.86. The number of benzene rings is 2. The van der Waals surface area contributed by atoms with Crippen molar-refractivity contribution in [3.05, 3.63) is 51.5 Å². The Kier molecular flexibility index (Phi) is 4.54. The molecule has 1 aliphatic rings. The van der Waals surface area contributed by atoms with E-state index in [2.05, 4.69) is 24.8 Å². The normalized spacial score (nSPS) is 17.2. The molecule has 0 amide bonds. The van der Waals surface area contributed by atoms with Gasteiger partial charge in [-0.2, -0.15) is 0 Å².